The maximum atomic E-state index is 13.0. The van der Waals surface area contributed by atoms with Crippen molar-refractivity contribution in [1.82, 2.24) is 14.2 Å². The smallest absolute Gasteiger partial charge is 0.243 e. The number of aryl methyl sites for hydroxylation is 1. The highest BCUT2D eigenvalue weighted by molar-refractivity contribution is 7.89. The number of thiazole rings is 1. The summed E-state index contributed by atoms with van der Waals surface area (Å²) in [5.74, 6) is 0.461. The molecule has 1 atom stereocenters. The predicted molar refractivity (Wildman–Crippen MR) is 128 cm³/mol. The first-order valence-corrected chi connectivity index (χ1v) is 13.4. The van der Waals surface area contributed by atoms with Crippen LogP contribution in [0.25, 0.3) is 10.2 Å². The van der Waals surface area contributed by atoms with Gasteiger partial charge in [-0.1, -0.05) is 38.1 Å². The van der Waals surface area contributed by atoms with Crippen molar-refractivity contribution in [2.75, 3.05) is 26.2 Å². The lowest BCUT2D eigenvalue weighted by Crippen LogP contribution is -2.50. The first-order chi connectivity index (χ1) is 15.4. The van der Waals surface area contributed by atoms with Crippen LogP contribution in [0.4, 0.5) is 0 Å². The first kappa shape index (κ1) is 22.9. The number of hydrogen-bond donors (Lipinski definition) is 0. The maximum absolute atomic E-state index is 13.0. The molecule has 0 aliphatic carbocycles. The van der Waals surface area contributed by atoms with Crippen LogP contribution in [0, 0.1) is 0 Å². The number of carbonyl (C=O) groups is 1. The Morgan fingerprint density at radius 2 is 1.75 bits per heavy atom. The second kappa shape index (κ2) is 9.68. The number of fused-ring (bicyclic) bond motifs is 1. The van der Waals surface area contributed by atoms with E-state index in [0.717, 1.165) is 27.2 Å². The van der Waals surface area contributed by atoms with E-state index in [1.807, 2.05) is 36.4 Å². The quantitative estimate of drug-likeness (QED) is 0.516. The number of nitrogens with zero attached hydrogens (tertiary/aromatic N) is 3. The van der Waals surface area contributed by atoms with Crippen LogP contribution in [0.5, 0.6) is 0 Å². The molecule has 2 heterocycles. The molecule has 3 aromatic rings. The zero-order chi connectivity index (χ0) is 22.7. The minimum Gasteiger partial charge on any atom is -0.340 e. The summed E-state index contributed by atoms with van der Waals surface area (Å²) in [6.45, 7) is 5.74. The molecule has 1 unspecified atom stereocenters. The molecule has 1 aromatic heterocycles. The minimum absolute atomic E-state index is 0.0548. The van der Waals surface area contributed by atoms with Gasteiger partial charge in [-0.05, 0) is 42.2 Å². The number of sulfonamides is 1. The average molecular weight is 472 g/mol. The third-order valence-electron chi connectivity index (χ3n) is 6.18. The van der Waals surface area contributed by atoms with Crippen molar-refractivity contribution in [2.45, 2.75) is 43.9 Å². The molecule has 0 N–H and O–H groups in total. The molecule has 1 amide bonds. The number of amides is 1. The number of carbonyl (C=O) groups excluding carboxylic acids is 1. The van der Waals surface area contributed by atoms with E-state index >= 15 is 0 Å². The highest BCUT2D eigenvalue weighted by Crippen LogP contribution is 2.24. The number of aromatic nitrogens is 1. The number of para-hydroxylation sites is 1. The Kier molecular flexibility index (Phi) is 6.93. The molecule has 6 nitrogen and oxygen atoms in total. The van der Waals surface area contributed by atoms with Gasteiger partial charge in [0.1, 0.15) is 0 Å². The molecule has 0 spiro atoms. The summed E-state index contributed by atoms with van der Waals surface area (Å²) in [6.07, 6.45) is 2.02. The Balaban J connectivity index is 1.32. The van der Waals surface area contributed by atoms with Gasteiger partial charge in [-0.25, -0.2) is 13.4 Å². The number of hydrogen-bond acceptors (Lipinski definition) is 5. The molecule has 0 saturated carbocycles. The summed E-state index contributed by atoms with van der Waals surface area (Å²) in [5, 5.41) is 0.960. The predicted octanol–water partition coefficient (Wildman–Crippen LogP) is 4.28. The van der Waals surface area contributed by atoms with Gasteiger partial charge in [0.05, 0.1) is 20.1 Å². The van der Waals surface area contributed by atoms with Crippen LogP contribution in [-0.2, 0) is 21.2 Å². The number of piperazine rings is 1. The normalized spacial score (nSPS) is 16.4. The van der Waals surface area contributed by atoms with Gasteiger partial charge in [0.15, 0.2) is 0 Å². The van der Waals surface area contributed by atoms with Gasteiger partial charge >= 0.3 is 0 Å². The van der Waals surface area contributed by atoms with E-state index in [4.69, 9.17) is 0 Å². The molecule has 1 saturated heterocycles. The molecule has 2 aromatic carbocycles. The van der Waals surface area contributed by atoms with Crippen LogP contribution < -0.4 is 0 Å². The molecule has 1 aliphatic heterocycles. The van der Waals surface area contributed by atoms with E-state index in [1.165, 1.54) is 4.31 Å². The van der Waals surface area contributed by atoms with Crippen LogP contribution >= 0.6 is 11.3 Å². The highest BCUT2D eigenvalue weighted by atomic mass is 32.2. The average Bonchev–Trinajstić information content (AvgIpc) is 3.25. The minimum atomic E-state index is -3.54. The lowest BCUT2D eigenvalue weighted by atomic mass is 9.99. The lowest BCUT2D eigenvalue weighted by molar-refractivity contribution is -0.132. The van der Waals surface area contributed by atoms with Crippen molar-refractivity contribution in [2.24, 2.45) is 0 Å². The van der Waals surface area contributed by atoms with E-state index in [9.17, 15) is 13.2 Å². The topological polar surface area (TPSA) is 70.6 Å². The van der Waals surface area contributed by atoms with Crippen LogP contribution in [0.15, 0.2) is 53.4 Å². The van der Waals surface area contributed by atoms with E-state index < -0.39 is 10.0 Å². The number of benzene rings is 2. The molecule has 0 radical (unpaired) electrons. The van der Waals surface area contributed by atoms with Gasteiger partial charge in [-0.3, -0.25) is 4.79 Å². The Hall–Kier alpha value is -2.29. The van der Waals surface area contributed by atoms with E-state index in [-0.39, 0.29) is 5.91 Å². The van der Waals surface area contributed by atoms with Gasteiger partial charge in [0.25, 0.3) is 0 Å². The molecule has 0 bridgehead atoms. The molecule has 1 aliphatic rings. The van der Waals surface area contributed by atoms with E-state index in [0.29, 0.717) is 49.8 Å². The van der Waals surface area contributed by atoms with Crippen molar-refractivity contribution < 1.29 is 13.2 Å². The van der Waals surface area contributed by atoms with Crippen molar-refractivity contribution in [3.8, 4) is 0 Å². The second-order valence-corrected chi connectivity index (χ2v) is 11.3. The van der Waals surface area contributed by atoms with Gasteiger partial charge < -0.3 is 4.90 Å². The lowest BCUT2D eigenvalue weighted by Gasteiger charge is -2.34. The summed E-state index contributed by atoms with van der Waals surface area (Å²) in [5.41, 5.74) is 2.12. The fraction of sp³-hybridized carbons (Fsp3) is 0.417. The van der Waals surface area contributed by atoms with E-state index in [2.05, 4.69) is 18.8 Å². The summed E-state index contributed by atoms with van der Waals surface area (Å²) >= 11 is 1.62. The molecule has 1 fully saturated rings. The molecule has 32 heavy (non-hydrogen) atoms. The summed E-state index contributed by atoms with van der Waals surface area (Å²) in [7, 11) is -3.54. The third kappa shape index (κ3) is 4.87. The molecule has 4 rings (SSSR count). The highest BCUT2D eigenvalue weighted by Gasteiger charge is 2.30. The van der Waals surface area contributed by atoms with Crippen LogP contribution in [0.3, 0.4) is 0 Å². The van der Waals surface area contributed by atoms with Gasteiger partial charge in [-0.2, -0.15) is 4.31 Å². The molecule has 170 valence electrons. The Morgan fingerprint density at radius 3 is 2.41 bits per heavy atom. The van der Waals surface area contributed by atoms with Gasteiger partial charge in [0, 0.05) is 39.0 Å². The Morgan fingerprint density at radius 1 is 1.06 bits per heavy atom. The van der Waals surface area contributed by atoms with Crippen LogP contribution in [0.2, 0.25) is 0 Å². The number of rotatable bonds is 7. The fourth-order valence-corrected chi connectivity index (χ4v) is 6.32. The van der Waals surface area contributed by atoms with Crippen molar-refractivity contribution >= 4 is 37.5 Å². The summed E-state index contributed by atoms with van der Waals surface area (Å²) in [4.78, 5) is 19.4. The van der Waals surface area contributed by atoms with Crippen molar-refractivity contribution in [1.29, 1.82) is 0 Å². The van der Waals surface area contributed by atoms with E-state index in [1.54, 1.807) is 28.4 Å². The fourth-order valence-electron chi connectivity index (χ4n) is 3.93. The van der Waals surface area contributed by atoms with Crippen molar-refractivity contribution in [3.63, 3.8) is 0 Å². The van der Waals surface area contributed by atoms with Crippen LogP contribution in [0.1, 0.15) is 43.2 Å². The third-order valence-corrected chi connectivity index (χ3v) is 9.19. The summed E-state index contributed by atoms with van der Waals surface area (Å²) in [6, 6.07) is 15.2. The van der Waals surface area contributed by atoms with Crippen LogP contribution in [-0.4, -0.2) is 54.7 Å². The Labute approximate surface area is 193 Å². The zero-order valence-corrected chi connectivity index (χ0v) is 20.2. The van der Waals surface area contributed by atoms with Gasteiger partial charge in [0.2, 0.25) is 15.9 Å². The zero-order valence-electron chi connectivity index (χ0n) is 18.5. The Bertz CT molecular complexity index is 1150. The molecule has 8 heteroatoms. The monoisotopic (exact) mass is 471 g/mol. The maximum Gasteiger partial charge on any atom is 0.243 e. The largest absolute Gasteiger partial charge is 0.340 e. The SMILES string of the molecule is CCC(C)c1ccc(S(=O)(=O)N2CCN(C(=O)CCc3nc4ccccc4s3)CC2)cc1. The van der Waals surface area contributed by atoms with Gasteiger partial charge in [-0.15, -0.1) is 11.3 Å². The first-order valence-electron chi connectivity index (χ1n) is 11.1. The molecular weight excluding hydrogens is 442 g/mol. The van der Waals surface area contributed by atoms with Crippen molar-refractivity contribution in [3.05, 3.63) is 59.1 Å². The second-order valence-electron chi connectivity index (χ2n) is 8.24. The summed E-state index contributed by atoms with van der Waals surface area (Å²) < 4.78 is 28.7. The molecular formula is C24H29N3O3S2. The standard InChI is InChI=1S/C24H29N3O3S2/c1-3-18(2)19-8-10-20(11-9-19)32(29,30)27-16-14-26(15-17-27)24(28)13-12-23-25-21-6-4-5-7-22(21)31-23/h4-11,18H,3,12-17H2,1-2H3.